The molecule has 7 heavy (non-hydrogen) atoms. The van der Waals surface area contributed by atoms with E-state index in [1.54, 1.807) is 0 Å². The molecule has 0 aliphatic rings. The fraction of sp³-hybridized carbons (Fsp3) is 0. The average Bonchev–Trinajstić information content (AvgIpc) is 0.918. The van der Waals surface area contributed by atoms with Crippen LogP contribution in [0.15, 0.2) is 0 Å². The average molecular weight is 204 g/mol. The van der Waals surface area contributed by atoms with E-state index in [2.05, 4.69) is 5.04 Å². The zero-order valence-electron chi connectivity index (χ0n) is 2.97. The van der Waals surface area contributed by atoms with Gasteiger partial charge in [0.1, 0.15) is 0 Å². The summed E-state index contributed by atoms with van der Waals surface area (Å²) in [5, 5.41) is 15.5. The van der Waals surface area contributed by atoms with Crippen molar-refractivity contribution in [2.45, 2.75) is 0 Å². The Morgan fingerprint density at radius 2 is 0.857 bits per heavy atom. The van der Waals surface area contributed by atoms with Crippen molar-refractivity contribution in [1.29, 1.82) is 0 Å². The Bertz CT molecular complexity index is 6.04. The van der Waals surface area contributed by atoms with Crippen LogP contribution in [0.25, 0.3) is 0 Å². The van der Waals surface area contributed by atoms with Crippen LogP contribution < -0.4 is 0 Å². The molecular weight excluding hydrogens is 198 g/mol. The van der Waals surface area contributed by atoms with Gasteiger partial charge in [-0.2, -0.15) is 0 Å². The molecule has 0 fully saturated rings. The van der Waals surface area contributed by atoms with Gasteiger partial charge >= 0.3 is 0 Å². The van der Waals surface area contributed by atoms with Crippen molar-refractivity contribution in [3.8, 4) is 0 Å². The predicted octanol–water partition coefficient (Wildman–Crippen LogP) is -1.71. The molecule has 0 spiro atoms. The van der Waals surface area contributed by atoms with Crippen LogP contribution in [0, 0.1) is 0 Å². The summed E-state index contributed by atoms with van der Waals surface area (Å²) in [5.41, 5.74) is 0. The predicted molar refractivity (Wildman–Crippen MR) is 13.6 cm³/mol. The molecule has 0 aliphatic heterocycles. The van der Waals surface area contributed by atoms with Crippen LogP contribution in [0.2, 0.25) is 0 Å². The molecule has 0 atom stereocenters. The molecule has 5 nitrogen and oxygen atoms in total. The summed E-state index contributed by atoms with van der Waals surface area (Å²) in [6, 6.07) is 0. The maximum Gasteiger partial charge on any atom is 0 e. The first kappa shape index (κ1) is 45.8. The molecule has 0 amide bonds. The fourth-order valence-corrected chi connectivity index (χ4v) is 0. The van der Waals surface area contributed by atoms with Crippen LogP contribution in [0.3, 0.4) is 0 Å². The van der Waals surface area contributed by atoms with Crippen LogP contribution in [0.1, 0.15) is 0 Å². The van der Waals surface area contributed by atoms with Crippen LogP contribution in [0.4, 0.5) is 0 Å². The quantitative estimate of drug-likeness (QED) is 0.361. The van der Waals surface area contributed by atoms with Crippen molar-refractivity contribution < 1.29 is 60.1 Å². The maximum atomic E-state index is 6.62. The molecule has 0 saturated heterocycles. The van der Waals surface area contributed by atoms with Crippen molar-refractivity contribution in [2.24, 2.45) is 0 Å². The minimum Gasteiger partial charge on any atom is -0.412 e. The summed E-state index contributed by atoms with van der Waals surface area (Å²) in [6.07, 6.45) is 0. The molecule has 0 bridgehead atoms. The number of hydrogen-bond donors (Lipinski definition) is 2. The van der Waals surface area contributed by atoms with E-state index in [1.165, 1.54) is 0 Å². The van der Waals surface area contributed by atoms with Crippen molar-refractivity contribution in [3.05, 3.63) is 0 Å². The second kappa shape index (κ2) is 70.0. The van der Waals surface area contributed by atoms with E-state index in [1.807, 2.05) is 0 Å². The molecule has 0 aromatic carbocycles. The van der Waals surface area contributed by atoms with Crippen LogP contribution in [-0.4, -0.2) is 21.5 Å². The zero-order valence-corrected chi connectivity index (χ0v) is 5.05. The van der Waals surface area contributed by atoms with E-state index in [-0.39, 0.29) is 44.5 Å². The fourth-order valence-electron chi connectivity index (χ4n) is 0. The molecule has 0 saturated carbocycles. The minimum absolute atomic E-state index is 0. The SMILES string of the molecule is O.O.OOO.[Co].[Co]. The Labute approximate surface area is 60.5 Å². The van der Waals surface area contributed by atoms with E-state index >= 15 is 0 Å². The van der Waals surface area contributed by atoms with Crippen molar-refractivity contribution >= 4 is 0 Å². The molecule has 0 aromatic rings. The molecule has 0 aromatic heterocycles. The molecule has 0 aliphatic carbocycles. The third-order valence-corrected chi connectivity index (χ3v) is 0. The first-order valence-corrected chi connectivity index (χ1v) is 0.365. The Morgan fingerprint density at radius 3 is 0.857 bits per heavy atom. The minimum atomic E-state index is 0. The Kier molecular flexibility index (Phi) is 459. The van der Waals surface area contributed by atoms with Gasteiger partial charge in [0, 0.05) is 33.6 Å². The second-order valence-electron chi connectivity index (χ2n) is 0.0816. The zero-order chi connectivity index (χ0) is 2.71. The van der Waals surface area contributed by atoms with E-state index < -0.39 is 0 Å². The molecular formula is H6Co2O5. The maximum absolute atomic E-state index is 6.62. The smallest absolute Gasteiger partial charge is 0 e. The monoisotopic (exact) mass is 204 g/mol. The van der Waals surface area contributed by atoms with Crippen molar-refractivity contribution in [1.82, 2.24) is 0 Å². The molecule has 2 radical (unpaired) electrons. The van der Waals surface area contributed by atoms with Gasteiger partial charge in [0.2, 0.25) is 0 Å². The van der Waals surface area contributed by atoms with Gasteiger partial charge in [-0.25, -0.2) is 10.5 Å². The summed E-state index contributed by atoms with van der Waals surface area (Å²) in [4.78, 5) is 0. The molecule has 54 valence electrons. The van der Waals surface area contributed by atoms with Crippen LogP contribution in [-0.2, 0) is 38.6 Å². The van der Waals surface area contributed by atoms with Gasteiger partial charge < -0.3 is 11.0 Å². The van der Waals surface area contributed by atoms with Gasteiger partial charge in [0.05, 0.1) is 0 Å². The largest absolute Gasteiger partial charge is 0.412 e. The summed E-state index contributed by atoms with van der Waals surface area (Å²) < 4.78 is 0. The third-order valence-electron chi connectivity index (χ3n) is 0. The Balaban J connectivity index is -0.00000000333. The van der Waals surface area contributed by atoms with Gasteiger partial charge in [-0.05, 0) is 0 Å². The summed E-state index contributed by atoms with van der Waals surface area (Å²) in [7, 11) is 0. The molecule has 0 heterocycles. The molecule has 7 heteroatoms. The third kappa shape index (κ3) is 239. The Hall–Kier alpha value is 0.813. The van der Waals surface area contributed by atoms with E-state index in [9.17, 15) is 0 Å². The topological polar surface area (TPSA) is 113 Å². The van der Waals surface area contributed by atoms with Crippen molar-refractivity contribution in [3.63, 3.8) is 0 Å². The van der Waals surface area contributed by atoms with E-state index in [0.717, 1.165) is 0 Å². The van der Waals surface area contributed by atoms with E-state index in [0.29, 0.717) is 0 Å². The molecule has 0 rings (SSSR count). The van der Waals surface area contributed by atoms with Gasteiger partial charge in [-0.1, -0.05) is 5.04 Å². The van der Waals surface area contributed by atoms with Gasteiger partial charge in [-0.15, -0.1) is 0 Å². The van der Waals surface area contributed by atoms with E-state index in [4.69, 9.17) is 10.5 Å². The van der Waals surface area contributed by atoms with Gasteiger partial charge in [-0.3, -0.25) is 0 Å². The first-order valence-electron chi connectivity index (χ1n) is 0.365. The Morgan fingerprint density at radius 1 is 0.857 bits per heavy atom. The standard InChI is InChI=1S/2Co.H2O3.2H2O/c;;1-3-2;;/h;;1-2H;2*1H2. The van der Waals surface area contributed by atoms with Crippen molar-refractivity contribution in [2.75, 3.05) is 0 Å². The molecule has 0 unspecified atom stereocenters. The molecule has 6 N–H and O–H groups in total. The van der Waals surface area contributed by atoms with Crippen LogP contribution >= 0.6 is 0 Å². The normalized spacial score (nSPS) is 2.57. The van der Waals surface area contributed by atoms with Gasteiger partial charge in [0.25, 0.3) is 0 Å². The summed E-state index contributed by atoms with van der Waals surface area (Å²) in [5.74, 6) is 0. The van der Waals surface area contributed by atoms with Gasteiger partial charge in [0.15, 0.2) is 0 Å². The number of rotatable bonds is 0. The number of hydrogen-bond acceptors (Lipinski definition) is 3. The first-order chi connectivity index (χ1) is 1.41. The van der Waals surface area contributed by atoms with Crippen LogP contribution in [0.5, 0.6) is 0 Å². The second-order valence-corrected chi connectivity index (χ2v) is 0.0816. The summed E-state index contributed by atoms with van der Waals surface area (Å²) in [6.45, 7) is 0. The summed E-state index contributed by atoms with van der Waals surface area (Å²) >= 11 is 0.